The minimum Gasteiger partial charge on any atom is -0.354 e. The van der Waals surface area contributed by atoms with Crippen molar-refractivity contribution in [1.29, 1.82) is 0 Å². The van der Waals surface area contributed by atoms with Gasteiger partial charge in [0.1, 0.15) is 11.9 Å². The molecule has 8 heteroatoms. The Kier molecular flexibility index (Phi) is 10.6. The van der Waals surface area contributed by atoms with E-state index in [2.05, 4.69) is 5.32 Å². The predicted octanol–water partition coefficient (Wildman–Crippen LogP) is 5.70. The first-order valence-corrected chi connectivity index (χ1v) is 12.1. The molecule has 0 radical (unpaired) electrons. The van der Waals surface area contributed by atoms with Crippen molar-refractivity contribution in [1.82, 2.24) is 10.2 Å². The fourth-order valence-electron chi connectivity index (χ4n) is 2.89. The molecule has 4 nitrogen and oxygen atoms in total. The SMILES string of the molecule is CCCCNC(=O)[C@@H](C)N(Cc1c(Cl)cccc1Cl)C(=O)CSCc1ccc(F)cc1. The first kappa shape index (κ1) is 25.5. The molecule has 0 aromatic heterocycles. The molecule has 2 rings (SSSR count). The van der Waals surface area contributed by atoms with Gasteiger partial charge in [0.05, 0.1) is 5.75 Å². The van der Waals surface area contributed by atoms with Gasteiger partial charge in [0.2, 0.25) is 11.8 Å². The summed E-state index contributed by atoms with van der Waals surface area (Å²) in [5.74, 6) is 0.0285. The van der Waals surface area contributed by atoms with Crippen LogP contribution in [0.15, 0.2) is 42.5 Å². The third-order valence-electron chi connectivity index (χ3n) is 4.79. The second kappa shape index (κ2) is 12.9. The molecule has 1 N–H and O–H groups in total. The fraction of sp³-hybridized carbons (Fsp3) is 0.391. The lowest BCUT2D eigenvalue weighted by Gasteiger charge is -2.29. The molecule has 0 aliphatic heterocycles. The summed E-state index contributed by atoms with van der Waals surface area (Å²) in [5, 5.41) is 3.77. The topological polar surface area (TPSA) is 49.4 Å². The van der Waals surface area contributed by atoms with Crippen LogP contribution in [-0.4, -0.2) is 35.1 Å². The smallest absolute Gasteiger partial charge is 0.242 e. The third-order valence-corrected chi connectivity index (χ3v) is 6.49. The van der Waals surface area contributed by atoms with Crippen molar-refractivity contribution in [3.63, 3.8) is 0 Å². The van der Waals surface area contributed by atoms with Crippen LogP contribution < -0.4 is 5.32 Å². The van der Waals surface area contributed by atoms with Crippen molar-refractivity contribution in [3.05, 3.63) is 69.5 Å². The molecule has 0 heterocycles. The van der Waals surface area contributed by atoms with E-state index >= 15 is 0 Å². The highest BCUT2D eigenvalue weighted by molar-refractivity contribution is 7.99. The molecule has 2 aromatic carbocycles. The highest BCUT2D eigenvalue weighted by Crippen LogP contribution is 2.27. The van der Waals surface area contributed by atoms with Gasteiger partial charge in [-0.1, -0.05) is 54.7 Å². The number of carbonyl (C=O) groups excluding carboxylic acids is 2. The maximum Gasteiger partial charge on any atom is 0.242 e. The summed E-state index contributed by atoms with van der Waals surface area (Å²) in [6.07, 6.45) is 1.84. The van der Waals surface area contributed by atoms with E-state index < -0.39 is 6.04 Å². The molecule has 0 spiro atoms. The third kappa shape index (κ3) is 8.02. The number of halogens is 3. The van der Waals surface area contributed by atoms with E-state index in [0.29, 0.717) is 27.9 Å². The van der Waals surface area contributed by atoms with Gasteiger partial charge in [0, 0.05) is 34.5 Å². The van der Waals surface area contributed by atoms with Crippen LogP contribution in [0.25, 0.3) is 0 Å². The van der Waals surface area contributed by atoms with Gasteiger partial charge in [0.25, 0.3) is 0 Å². The van der Waals surface area contributed by atoms with Gasteiger partial charge in [-0.3, -0.25) is 9.59 Å². The van der Waals surface area contributed by atoms with Gasteiger partial charge >= 0.3 is 0 Å². The standard InChI is InChI=1S/C23H27Cl2FN2O2S/c1-3-4-12-27-23(30)16(2)28(13-19-20(24)6-5-7-21(19)25)22(29)15-31-14-17-8-10-18(26)11-9-17/h5-11,16H,3-4,12-15H2,1-2H3,(H,27,30)/t16-/m1/s1. The van der Waals surface area contributed by atoms with Crippen LogP contribution in [0.4, 0.5) is 4.39 Å². The van der Waals surface area contributed by atoms with E-state index in [-0.39, 0.29) is 29.9 Å². The Morgan fingerprint density at radius 2 is 1.77 bits per heavy atom. The molecule has 0 aliphatic carbocycles. The Balaban J connectivity index is 2.10. The molecular formula is C23H27Cl2FN2O2S. The fourth-order valence-corrected chi connectivity index (χ4v) is 4.28. The summed E-state index contributed by atoms with van der Waals surface area (Å²) in [4.78, 5) is 27.2. The maximum absolute atomic E-state index is 13.1. The summed E-state index contributed by atoms with van der Waals surface area (Å²) in [6.45, 7) is 4.45. The number of unbranched alkanes of at least 4 members (excludes halogenated alkanes) is 1. The van der Waals surface area contributed by atoms with Crippen LogP contribution in [0.2, 0.25) is 10.0 Å². The van der Waals surface area contributed by atoms with Crippen molar-refractivity contribution in [2.24, 2.45) is 0 Å². The molecule has 168 valence electrons. The van der Waals surface area contributed by atoms with Gasteiger partial charge in [-0.2, -0.15) is 0 Å². The zero-order valence-electron chi connectivity index (χ0n) is 17.7. The van der Waals surface area contributed by atoms with E-state index in [0.717, 1.165) is 18.4 Å². The molecule has 0 fully saturated rings. The van der Waals surface area contributed by atoms with E-state index in [1.807, 2.05) is 6.92 Å². The lowest BCUT2D eigenvalue weighted by Crippen LogP contribution is -2.48. The number of hydrogen-bond donors (Lipinski definition) is 1. The van der Waals surface area contributed by atoms with Gasteiger partial charge in [-0.25, -0.2) is 4.39 Å². The van der Waals surface area contributed by atoms with Gasteiger partial charge in [-0.05, 0) is 43.2 Å². The van der Waals surface area contributed by atoms with Gasteiger partial charge < -0.3 is 10.2 Å². The summed E-state index contributed by atoms with van der Waals surface area (Å²) in [7, 11) is 0. The number of carbonyl (C=O) groups is 2. The molecule has 0 bridgehead atoms. The normalized spacial score (nSPS) is 11.8. The van der Waals surface area contributed by atoms with Crippen LogP contribution >= 0.6 is 35.0 Å². The number of thioether (sulfide) groups is 1. The van der Waals surface area contributed by atoms with Crippen LogP contribution in [0.1, 0.15) is 37.8 Å². The van der Waals surface area contributed by atoms with Crippen LogP contribution in [-0.2, 0) is 21.9 Å². The molecule has 1 atom stereocenters. The van der Waals surface area contributed by atoms with Gasteiger partial charge in [-0.15, -0.1) is 11.8 Å². The van der Waals surface area contributed by atoms with E-state index in [1.165, 1.54) is 28.8 Å². The summed E-state index contributed by atoms with van der Waals surface area (Å²) in [6, 6.07) is 10.7. The van der Waals surface area contributed by atoms with E-state index in [4.69, 9.17) is 23.2 Å². The molecular weight excluding hydrogens is 458 g/mol. The summed E-state index contributed by atoms with van der Waals surface area (Å²) < 4.78 is 13.1. The lowest BCUT2D eigenvalue weighted by atomic mass is 10.1. The van der Waals surface area contributed by atoms with Crippen LogP contribution in [0.5, 0.6) is 0 Å². The summed E-state index contributed by atoms with van der Waals surface area (Å²) in [5.41, 5.74) is 1.53. The molecule has 31 heavy (non-hydrogen) atoms. The highest BCUT2D eigenvalue weighted by Gasteiger charge is 2.27. The molecule has 0 unspecified atom stereocenters. The molecule has 0 saturated carbocycles. The lowest BCUT2D eigenvalue weighted by molar-refractivity contribution is -0.138. The Bertz CT molecular complexity index is 860. The quantitative estimate of drug-likeness (QED) is 0.416. The van der Waals surface area contributed by atoms with Crippen LogP contribution in [0.3, 0.4) is 0 Å². The average Bonchev–Trinajstić information content (AvgIpc) is 2.74. The first-order chi connectivity index (χ1) is 14.8. The minimum atomic E-state index is -0.678. The van der Waals surface area contributed by atoms with Crippen molar-refractivity contribution in [3.8, 4) is 0 Å². The highest BCUT2D eigenvalue weighted by atomic mass is 35.5. The summed E-state index contributed by atoms with van der Waals surface area (Å²) >= 11 is 14.0. The van der Waals surface area contributed by atoms with Crippen LogP contribution in [0, 0.1) is 5.82 Å². The van der Waals surface area contributed by atoms with Crippen molar-refractivity contribution >= 4 is 46.8 Å². The maximum atomic E-state index is 13.1. The number of nitrogens with one attached hydrogen (secondary N) is 1. The Hall–Kier alpha value is -1.76. The predicted molar refractivity (Wildman–Crippen MR) is 127 cm³/mol. The zero-order valence-corrected chi connectivity index (χ0v) is 20.0. The Labute approximate surface area is 197 Å². The van der Waals surface area contributed by atoms with Crippen molar-refractivity contribution < 1.29 is 14.0 Å². The Morgan fingerprint density at radius 1 is 1.13 bits per heavy atom. The molecule has 2 amide bonds. The number of nitrogens with zero attached hydrogens (tertiary/aromatic N) is 1. The second-order valence-corrected chi connectivity index (χ2v) is 8.96. The van der Waals surface area contributed by atoms with E-state index in [1.54, 1.807) is 37.3 Å². The molecule has 2 aromatic rings. The largest absolute Gasteiger partial charge is 0.354 e. The number of benzene rings is 2. The minimum absolute atomic E-state index is 0.136. The number of hydrogen-bond acceptors (Lipinski definition) is 3. The average molecular weight is 485 g/mol. The molecule has 0 saturated heterocycles. The van der Waals surface area contributed by atoms with Crippen molar-refractivity contribution in [2.45, 2.75) is 45.0 Å². The number of rotatable bonds is 11. The van der Waals surface area contributed by atoms with Gasteiger partial charge in [0.15, 0.2) is 0 Å². The van der Waals surface area contributed by atoms with Crippen molar-refractivity contribution in [2.75, 3.05) is 12.3 Å². The second-order valence-electron chi connectivity index (χ2n) is 7.16. The number of amides is 2. The molecule has 0 aliphatic rings. The zero-order chi connectivity index (χ0) is 22.8. The Morgan fingerprint density at radius 3 is 2.39 bits per heavy atom. The monoisotopic (exact) mass is 484 g/mol. The van der Waals surface area contributed by atoms with E-state index in [9.17, 15) is 14.0 Å². The first-order valence-electron chi connectivity index (χ1n) is 10.2.